The van der Waals surface area contributed by atoms with E-state index in [2.05, 4.69) is 0 Å². The van der Waals surface area contributed by atoms with E-state index in [1.165, 1.54) is 11.3 Å². The lowest BCUT2D eigenvalue weighted by Gasteiger charge is -1.99. The number of halogens is 1. The lowest BCUT2D eigenvalue weighted by Crippen LogP contribution is -1.95. The number of rotatable bonds is 2. The summed E-state index contributed by atoms with van der Waals surface area (Å²) in [6.07, 6.45) is 0. The van der Waals surface area contributed by atoms with Crippen molar-refractivity contribution < 1.29 is 9.90 Å². The number of thiophene rings is 1. The van der Waals surface area contributed by atoms with Gasteiger partial charge in [-0.25, -0.2) is 4.79 Å². The smallest absolute Gasteiger partial charge is 0.337 e. The van der Waals surface area contributed by atoms with Gasteiger partial charge in [0.25, 0.3) is 0 Å². The molecule has 0 saturated heterocycles. The Balaban J connectivity index is 2.49. The maximum atomic E-state index is 10.9. The third-order valence-corrected chi connectivity index (χ3v) is 3.22. The summed E-state index contributed by atoms with van der Waals surface area (Å²) in [6.45, 7) is 0. The lowest BCUT2D eigenvalue weighted by molar-refractivity contribution is 0.0698. The standard InChI is InChI=1S/C11H7ClO2S/c12-8-3-1-7(2-4-8)10-9(11(13)14)5-6-15-10/h1-6H,(H,13,14). The van der Waals surface area contributed by atoms with Crippen LogP contribution in [0.5, 0.6) is 0 Å². The van der Waals surface area contributed by atoms with Gasteiger partial charge < -0.3 is 5.11 Å². The van der Waals surface area contributed by atoms with E-state index in [-0.39, 0.29) is 0 Å². The monoisotopic (exact) mass is 238 g/mol. The highest BCUT2D eigenvalue weighted by Crippen LogP contribution is 2.30. The van der Waals surface area contributed by atoms with Gasteiger partial charge in [0.15, 0.2) is 0 Å². The minimum absolute atomic E-state index is 0.335. The predicted molar refractivity (Wildman–Crippen MR) is 61.7 cm³/mol. The molecule has 0 spiro atoms. The number of carboxylic acid groups (broad SMARTS) is 1. The normalized spacial score (nSPS) is 10.2. The van der Waals surface area contributed by atoms with Crippen LogP contribution in [0.25, 0.3) is 10.4 Å². The number of benzene rings is 1. The summed E-state index contributed by atoms with van der Waals surface area (Å²) in [5, 5.41) is 11.4. The Labute approximate surface area is 95.8 Å². The molecule has 0 unspecified atom stereocenters. The van der Waals surface area contributed by atoms with Gasteiger partial charge in [-0.05, 0) is 29.1 Å². The third kappa shape index (κ3) is 2.03. The zero-order valence-corrected chi connectivity index (χ0v) is 9.18. The maximum absolute atomic E-state index is 10.9. The van der Waals surface area contributed by atoms with Crippen molar-refractivity contribution in [1.82, 2.24) is 0 Å². The second-order valence-electron chi connectivity index (χ2n) is 2.98. The lowest BCUT2D eigenvalue weighted by atomic mass is 10.1. The van der Waals surface area contributed by atoms with Crippen molar-refractivity contribution in [2.24, 2.45) is 0 Å². The van der Waals surface area contributed by atoms with E-state index in [4.69, 9.17) is 16.7 Å². The van der Waals surface area contributed by atoms with Gasteiger partial charge in [-0.3, -0.25) is 0 Å². The van der Waals surface area contributed by atoms with E-state index in [1.54, 1.807) is 23.6 Å². The molecule has 76 valence electrons. The molecule has 4 heteroatoms. The Morgan fingerprint density at radius 2 is 1.87 bits per heavy atom. The van der Waals surface area contributed by atoms with Crippen molar-refractivity contribution >= 4 is 28.9 Å². The van der Waals surface area contributed by atoms with Crippen molar-refractivity contribution in [3.63, 3.8) is 0 Å². The first-order valence-corrected chi connectivity index (χ1v) is 5.51. The van der Waals surface area contributed by atoms with E-state index in [1.807, 2.05) is 12.1 Å². The topological polar surface area (TPSA) is 37.3 Å². The van der Waals surface area contributed by atoms with Crippen molar-refractivity contribution in [1.29, 1.82) is 0 Å². The van der Waals surface area contributed by atoms with E-state index in [0.717, 1.165) is 10.4 Å². The van der Waals surface area contributed by atoms with Crippen molar-refractivity contribution in [2.45, 2.75) is 0 Å². The fourth-order valence-corrected chi connectivity index (χ4v) is 2.32. The van der Waals surface area contributed by atoms with Crippen LogP contribution in [0.4, 0.5) is 0 Å². The van der Waals surface area contributed by atoms with E-state index < -0.39 is 5.97 Å². The van der Waals surface area contributed by atoms with Gasteiger partial charge in [-0.15, -0.1) is 11.3 Å². The highest BCUT2D eigenvalue weighted by molar-refractivity contribution is 7.14. The first-order valence-electron chi connectivity index (χ1n) is 4.25. The predicted octanol–water partition coefficient (Wildman–Crippen LogP) is 3.77. The Morgan fingerprint density at radius 1 is 1.20 bits per heavy atom. The maximum Gasteiger partial charge on any atom is 0.337 e. The molecular weight excluding hydrogens is 232 g/mol. The summed E-state index contributed by atoms with van der Waals surface area (Å²) >= 11 is 7.18. The van der Waals surface area contributed by atoms with E-state index in [9.17, 15) is 4.79 Å². The molecule has 1 aromatic heterocycles. The average Bonchev–Trinajstić information content (AvgIpc) is 2.67. The van der Waals surface area contributed by atoms with Crippen LogP contribution in [0.1, 0.15) is 10.4 Å². The van der Waals surface area contributed by atoms with Gasteiger partial charge in [0.2, 0.25) is 0 Å². The number of aromatic carboxylic acids is 1. The second kappa shape index (κ2) is 4.04. The van der Waals surface area contributed by atoms with Crippen molar-refractivity contribution in [3.05, 3.63) is 46.3 Å². The molecule has 0 aliphatic carbocycles. The zero-order valence-electron chi connectivity index (χ0n) is 7.61. The molecule has 0 amide bonds. The van der Waals surface area contributed by atoms with Crippen molar-refractivity contribution in [3.8, 4) is 10.4 Å². The number of hydrogen-bond acceptors (Lipinski definition) is 2. The van der Waals surface area contributed by atoms with Crippen LogP contribution in [0.15, 0.2) is 35.7 Å². The first-order chi connectivity index (χ1) is 7.18. The van der Waals surface area contributed by atoms with E-state index >= 15 is 0 Å². The fourth-order valence-electron chi connectivity index (χ4n) is 1.30. The van der Waals surface area contributed by atoms with Gasteiger partial charge in [0, 0.05) is 9.90 Å². The van der Waals surface area contributed by atoms with Crippen molar-refractivity contribution in [2.75, 3.05) is 0 Å². The Bertz CT molecular complexity index is 488. The molecule has 0 bridgehead atoms. The van der Waals surface area contributed by atoms with Crippen LogP contribution in [0.2, 0.25) is 5.02 Å². The second-order valence-corrected chi connectivity index (χ2v) is 4.33. The summed E-state index contributed by atoms with van der Waals surface area (Å²) in [5.41, 5.74) is 1.22. The fraction of sp³-hybridized carbons (Fsp3) is 0. The Hall–Kier alpha value is -1.32. The average molecular weight is 239 g/mol. The molecule has 1 heterocycles. The van der Waals surface area contributed by atoms with Crippen LogP contribution >= 0.6 is 22.9 Å². The summed E-state index contributed by atoms with van der Waals surface area (Å²) in [7, 11) is 0. The van der Waals surface area contributed by atoms with Crippen LogP contribution in [0, 0.1) is 0 Å². The van der Waals surface area contributed by atoms with Gasteiger partial charge in [-0.1, -0.05) is 23.7 Å². The Morgan fingerprint density at radius 3 is 2.47 bits per heavy atom. The molecule has 1 N–H and O–H groups in total. The van der Waals surface area contributed by atoms with Crippen LogP contribution in [-0.4, -0.2) is 11.1 Å². The zero-order chi connectivity index (χ0) is 10.8. The number of hydrogen-bond donors (Lipinski definition) is 1. The molecule has 0 radical (unpaired) electrons. The quantitative estimate of drug-likeness (QED) is 0.865. The molecule has 0 saturated carbocycles. The molecule has 1 aromatic carbocycles. The van der Waals surface area contributed by atoms with E-state index in [0.29, 0.717) is 10.6 Å². The molecular formula is C11H7ClO2S. The minimum Gasteiger partial charge on any atom is -0.478 e. The summed E-state index contributed by atoms with van der Waals surface area (Å²) in [4.78, 5) is 11.7. The minimum atomic E-state index is -0.902. The molecule has 0 fully saturated rings. The van der Waals surface area contributed by atoms with Crippen LogP contribution in [-0.2, 0) is 0 Å². The van der Waals surface area contributed by atoms with Gasteiger partial charge in [0.1, 0.15) is 0 Å². The third-order valence-electron chi connectivity index (χ3n) is 2.00. The molecule has 2 rings (SSSR count). The number of carboxylic acids is 1. The molecule has 15 heavy (non-hydrogen) atoms. The number of carbonyl (C=O) groups is 1. The summed E-state index contributed by atoms with van der Waals surface area (Å²) in [6, 6.07) is 8.75. The van der Waals surface area contributed by atoms with Gasteiger partial charge in [-0.2, -0.15) is 0 Å². The van der Waals surface area contributed by atoms with Crippen LogP contribution in [0.3, 0.4) is 0 Å². The summed E-state index contributed by atoms with van der Waals surface area (Å²) < 4.78 is 0. The summed E-state index contributed by atoms with van der Waals surface area (Å²) in [5.74, 6) is -0.902. The highest BCUT2D eigenvalue weighted by Gasteiger charge is 2.12. The largest absolute Gasteiger partial charge is 0.478 e. The molecule has 0 atom stereocenters. The highest BCUT2D eigenvalue weighted by atomic mass is 35.5. The Kier molecular flexibility index (Phi) is 2.75. The molecule has 0 aliphatic heterocycles. The SMILES string of the molecule is O=C(O)c1ccsc1-c1ccc(Cl)cc1. The van der Waals surface area contributed by atoms with Gasteiger partial charge in [0.05, 0.1) is 5.56 Å². The molecule has 2 nitrogen and oxygen atoms in total. The molecule has 2 aromatic rings. The van der Waals surface area contributed by atoms with Gasteiger partial charge >= 0.3 is 5.97 Å². The molecule has 0 aliphatic rings. The first kappa shape index (κ1) is 10.2. The van der Waals surface area contributed by atoms with Crippen LogP contribution < -0.4 is 0 Å².